The molecule has 0 saturated heterocycles. The van der Waals surface area contributed by atoms with E-state index in [1.165, 1.54) is 5.69 Å². The lowest BCUT2D eigenvalue weighted by Gasteiger charge is -2.19. The summed E-state index contributed by atoms with van der Waals surface area (Å²) in [5.74, 6) is -0.0557. The molecule has 0 fully saturated rings. The van der Waals surface area contributed by atoms with Crippen LogP contribution in [0.5, 0.6) is 0 Å². The van der Waals surface area contributed by atoms with Crippen LogP contribution in [0.15, 0.2) is 30.3 Å². The van der Waals surface area contributed by atoms with E-state index in [9.17, 15) is 4.79 Å². The SMILES string of the molecule is CC[C@H](N)C(=O)NCCCN(C)c1ccccc1. The molecule has 1 atom stereocenters. The maximum atomic E-state index is 11.4. The molecule has 0 spiro atoms. The van der Waals surface area contributed by atoms with Gasteiger partial charge in [0.25, 0.3) is 0 Å². The standard InChI is InChI=1S/C14H23N3O/c1-3-13(15)14(18)16-10-7-11-17(2)12-8-5-4-6-9-12/h4-6,8-9,13H,3,7,10-11,15H2,1-2H3,(H,16,18)/t13-/m0/s1. The number of nitrogens with zero attached hydrogens (tertiary/aromatic N) is 1. The monoisotopic (exact) mass is 249 g/mol. The Balaban J connectivity index is 2.20. The van der Waals surface area contributed by atoms with Crippen LogP contribution >= 0.6 is 0 Å². The fraction of sp³-hybridized carbons (Fsp3) is 0.500. The van der Waals surface area contributed by atoms with Gasteiger partial charge in [0.05, 0.1) is 6.04 Å². The van der Waals surface area contributed by atoms with Crippen molar-refractivity contribution in [2.24, 2.45) is 5.73 Å². The molecule has 1 aromatic carbocycles. The van der Waals surface area contributed by atoms with Crippen molar-refractivity contribution in [1.29, 1.82) is 0 Å². The number of carbonyl (C=O) groups excluding carboxylic acids is 1. The highest BCUT2D eigenvalue weighted by Crippen LogP contribution is 2.10. The minimum Gasteiger partial charge on any atom is -0.375 e. The van der Waals surface area contributed by atoms with E-state index in [4.69, 9.17) is 5.73 Å². The van der Waals surface area contributed by atoms with Crippen LogP contribution in [0.4, 0.5) is 5.69 Å². The van der Waals surface area contributed by atoms with Gasteiger partial charge in [0.2, 0.25) is 5.91 Å². The molecule has 0 radical (unpaired) electrons. The molecule has 3 N–H and O–H groups in total. The van der Waals surface area contributed by atoms with Gasteiger partial charge in [-0.05, 0) is 25.0 Å². The number of para-hydroxylation sites is 1. The molecule has 0 aromatic heterocycles. The van der Waals surface area contributed by atoms with E-state index >= 15 is 0 Å². The quantitative estimate of drug-likeness (QED) is 0.718. The van der Waals surface area contributed by atoms with Crippen molar-refractivity contribution in [2.45, 2.75) is 25.8 Å². The van der Waals surface area contributed by atoms with Crippen molar-refractivity contribution >= 4 is 11.6 Å². The summed E-state index contributed by atoms with van der Waals surface area (Å²) in [7, 11) is 2.05. The molecule has 100 valence electrons. The van der Waals surface area contributed by atoms with Crippen molar-refractivity contribution in [2.75, 3.05) is 25.0 Å². The number of benzene rings is 1. The summed E-state index contributed by atoms with van der Waals surface area (Å²) < 4.78 is 0. The van der Waals surface area contributed by atoms with Crippen LogP contribution in [-0.4, -0.2) is 32.1 Å². The molecule has 18 heavy (non-hydrogen) atoms. The Bertz CT molecular complexity index is 353. The highest BCUT2D eigenvalue weighted by Gasteiger charge is 2.09. The predicted molar refractivity (Wildman–Crippen MR) is 75.6 cm³/mol. The lowest BCUT2D eigenvalue weighted by atomic mass is 10.2. The van der Waals surface area contributed by atoms with Crippen LogP contribution in [0.25, 0.3) is 0 Å². The molecule has 0 bridgehead atoms. The largest absolute Gasteiger partial charge is 0.375 e. The molecule has 1 rings (SSSR count). The average molecular weight is 249 g/mol. The molecule has 4 nitrogen and oxygen atoms in total. The first-order valence-corrected chi connectivity index (χ1v) is 6.44. The molecule has 0 aliphatic carbocycles. The first kappa shape index (κ1) is 14.5. The third-order valence-corrected chi connectivity index (χ3v) is 2.94. The molecular formula is C14H23N3O. The average Bonchev–Trinajstić information content (AvgIpc) is 2.43. The Hall–Kier alpha value is -1.55. The number of nitrogens with one attached hydrogen (secondary N) is 1. The third-order valence-electron chi connectivity index (χ3n) is 2.94. The summed E-state index contributed by atoms with van der Waals surface area (Å²) in [5, 5.41) is 2.85. The fourth-order valence-corrected chi connectivity index (χ4v) is 1.66. The van der Waals surface area contributed by atoms with Crippen LogP contribution in [0, 0.1) is 0 Å². The van der Waals surface area contributed by atoms with Crippen LogP contribution < -0.4 is 16.0 Å². The van der Waals surface area contributed by atoms with E-state index in [1.807, 2.05) is 25.1 Å². The van der Waals surface area contributed by atoms with Gasteiger partial charge in [-0.1, -0.05) is 25.1 Å². The molecule has 0 heterocycles. The van der Waals surface area contributed by atoms with Crippen LogP contribution in [0.3, 0.4) is 0 Å². The predicted octanol–water partition coefficient (Wildman–Crippen LogP) is 1.37. The summed E-state index contributed by atoms with van der Waals surface area (Å²) in [6, 6.07) is 9.82. The Morgan fingerprint density at radius 3 is 2.67 bits per heavy atom. The molecule has 4 heteroatoms. The minimum absolute atomic E-state index is 0.0557. The molecular weight excluding hydrogens is 226 g/mol. The van der Waals surface area contributed by atoms with Crippen molar-refractivity contribution < 1.29 is 4.79 Å². The maximum absolute atomic E-state index is 11.4. The van der Waals surface area contributed by atoms with Gasteiger partial charge >= 0.3 is 0 Å². The summed E-state index contributed by atoms with van der Waals surface area (Å²) in [6.45, 7) is 3.49. The zero-order valence-corrected chi connectivity index (χ0v) is 11.2. The summed E-state index contributed by atoms with van der Waals surface area (Å²) in [6.07, 6.45) is 1.59. The van der Waals surface area contributed by atoms with E-state index in [-0.39, 0.29) is 11.9 Å². The molecule has 1 aromatic rings. The van der Waals surface area contributed by atoms with Gasteiger partial charge in [-0.25, -0.2) is 0 Å². The van der Waals surface area contributed by atoms with Gasteiger partial charge in [0.1, 0.15) is 0 Å². The first-order chi connectivity index (χ1) is 8.65. The normalized spacial score (nSPS) is 11.9. The zero-order valence-electron chi connectivity index (χ0n) is 11.2. The van der Waals surface area contributed by atoms with Crippen molar-refractivity contribution in [3.05, 3.63) is 30.3 Å². The van der Waals surface area contributed by atoms with E-state index in [1.54, 1.807) is 0 Å². The minimum atomic E-state index is -0.378. The lowest BCUT2D eigenvalue weighted by Crippen LogP contribution is -2.40. The maximum Gasteiger partial charge on any atom is 0.236 e. The van der Waals surface area contributed by atoms with Gasteiger partial charge < -0.3 is 16.0 Å². The summed E-state index contributed by atoms with van der Waals surface area (Å²) in [5.41, 5.74) is 6.82. The second-order valence-electron chi connectivity index (χ2n) is 4.42. The topological polar surface area (TPSA) is 58.4 Å². The molecule has 0 saturated carbocycles. The van der Waals surface area contributed by atoms with Gasteiger partial charge in [-0.2, -0.15) is 0 Å². The van der Waals surface area contributed by atoms with Crippen molar-refractivity contribution in [3.63, 3.8) is 0 Å². The van der Waals surface area contributed by atoms with E-state index < -0.39 is 0 Å². The van der Waals surface area contributed by atoms with Gasteiger partial charge in [-0.15, -0.1) is 0 Å². The molecule has 0 aliphatic heterocycles. The van der Waals surface area contributed by atoms with Crippen molar-refractivity contribution in [1.82, 2.24) is 5.32 Å². The number of rotatable bonds is 7. The number of hydrogen-bond acceptors (Lipinski definition) is 3. The number of nitrogens with two attached hydrogens (primary N) is 1. The van der Waals surface area contributed by atoms with Gasteiger partial charge in [0.15, 0.2) is 0 Å². The highest BCUT2D eigenvalue weighted by molar-refractivity contribution is 5.81. The first-order valence-electron chi connectivity index (χ1n) is 6.44. The number of carbonyl (C=O) groups is 1. The molecule has 0 unspecified atom stereocenters. The van der Waals surface area contributed by atoms with E-state index in [0.717, 1.165) is 13.0 Å². The zero-order chi connectivity index (χ0) is 13.4. The van der Waals surface area contributed by atoms with E-state index in [2.05, 4.69) is 29.4 Å². The Kier molecular flexibility index (Phi) is 6.22. The van der Waals surface area contributed by atoms with Crippen LogP contribution in [0.2, 0.25) is 0 Å². The number of amides is 1. The van der Waals surface area contributed by atoms with Crippen LogP contribution in [0.1, 0.15) is 19.8 Å². The fourth-order valence-electron chi connectivity index (χ4n) is 1.66. The lowest BCUT2D eigenvalue weighted by molar-refractivity contribution is -0.122. The summed E-state index contributed by atoms with van der Waals surface area (Å²) >= 11 is 0. The van der Waals surface area contributed by atoms with Crippen LogP contribution in [-0.2, 0) is 4.79 Å². The molecule has 0 aliphatic rings. The molecule has 1 amide bonds. The Morgan fingerprint density at radius 1 is 1.39 bits per heavy atom. The Morgan fingerprint density at radius 2 is 2.06 bits per heavy atom. The third kappa shape index (κ3) is 4.75. The number of anilines is 1. The Labute approximate surface area is 109 Å². The van der Waals surface area contributed by atoms with Gasteiger partial charge in [-0.3, -0.25) is 4.79 Å². The van der Waals surface area contributed by atoms with Crippen molar-refractivity contribution in [3.8, 4) is 0 Å². The van der Waals surface area contributed by atoms with Gasteiger partial charge in [0, 0.05) is 25.8 Å². The highest BCUT2D eigenvalue weighted by atomic mass is 16.2. The number of hydrogen-bond donors (Lipinski definition) is 2. The van der Waals surface area contributed by atoms with E-state index in [0.29, 0.717) is 13.0 Å². The summed E-state index contributed by atoms with van der Waals surface area (Å²) in [4.78, 5) is 13.6. The second-order valence-corrected chi connectivity index (χ2v) is 4.42. The second kappa shape index (κ2) is 7.71. The smallest absolute Gasteiger partial charge is 0.236 e.